The highest BCUT2D eigenvalue weighted by Gasteiger charge is 2.29. The summed E-state index contributed by atoms with van der Waals surface area (Å²) in [5.41, 5.74) is 6.53. The number of amides is 2. The van der Waals surface area contributed by atoms with Gasteiger partial charge in [0.05, 0.1) is 13.0 Å². The Balaban J connectivity index is 1.84. The molecule has 4 N–H and O–H groups in total. The first kappa shape index (κ1) is 19.7. The minimum absolute atomic E-state index is 0.0267. The number of nitrogens with zero attached hydrogens (tertiary/aromatic N) is 2. The van der Waals surface area contributed by atoms with Gasteiger partial charge in [0.1, 0.15) is 5.82 Å². The zero-order valence-electron chi connectivity index (χ0n) is 15.0. The molecule has 1 aliphatic rings. The number of aryl methyl sites for hydroxylation is 1. The number of carbonyl (C=O) groups is 3. The average Bonchev–Trinajstić information content (AvgIpc) is 2.54. The van der Waals surface area contributed by atoms with Crippen LogP contribution in [0.25, 0.3) is 0 Å². The van der Waals surface area contributed by atoms with Gasteiger partial charge in [-0.2, -0.15) is 0 Å². The van der Waals surface area contributed by atoms with Crippen LogP contribution >= 0.6 is 0 Å². The summed E-state index contributed by atoms with van der Waals surface area (Å²) < 4.78 is 0. The molecule has 0 aliphatic carbocycles. The van der Waals surface area contributed by atoms with E-state index in [0.717, 1.165) is 18.5 Å². The first-order chi connectivity index (χ1) is 12.3. The molecule has 1 saturated heterocycles. The fraction of sp³-hybridized carbons (Fsp3) is 0.556. The molecule has 0 aromatic carbocycles. The maximum absolute atomic E-state index is 12.6. The highest BCUT2D eigenvalue weighted by molar-refractivity contribution is 5.86. The molecule has 26 heavy (non-hydrogen) atoms. The van der Waals surface area contributed by atoms with Gasteiger partial charge in [0.25, 0.3) is 0 Å². The van der Waals surface area contributed by atoms with Crippen LogP contribution in [-0.4, -0.2) is 51.9 Å². The average molecular weight is 362 g/mol. The normalized spacial score (nSPS) is 18.4. The molecule has 1 aromatic rings. The number of anilines is 1. The maximum Gasteiger partial charge on any atom is 0.305 e. The highest BCUT2D eigenvalue weighted by Crippen LogP contribution is 2.22. The van der Waals surface area contributed by atoms with Gasteiger partial charge in [0.2, 0.25) is 11.8 Å². The summed E-state index contributed by atoms with van der Waals surface area (Å²) >= 11 is 0. The summed E-state index contributed by atoms with van der Waals surface area (Å²) in [5, 5.41) is 11.4. The van der Waals surface area contributed by atoms with Gasteiger partial charge in [-0.25, -0.2) is 4.98 Å². The lowest BCUT2D eigenvalue weighted by molar-refractivity contribution is -0.143. The Bertz CT molecular complexity index is 664. The second kappa shape index (κ2) is 9.17. The van der Waals surface area contributed by atoms with Crippen LogP contribution in [-0.2, 0) is 20.8 Å². The van der Waals surface area contributed by atoms with Crippen molar-refractivity contribution in [2.45, 2.75) is 45.1 Å². The third kappa shape index (κ3) is 6.02. The first-order valence-corrected chi connectivity index (χ1v) is 8.86. The number of hydrogen-bond acceptors (Lipinski definition) is 5. The predicted octanol–water partition coefficient (Wildman–Crippen LogP) is 0.814. The van der Waals surface area contributed by atoms with Crippen LogP contribution in [0.3, 0.4) is 0 Å². The van der Waals surface area contributed by atoms with Gasteiger partial charge in [0.15, 0.2) is 0 Å². The monoisotopic (exact) mass is 362 g/mol. The summed E-state index contributed by atoms with van der Waals surface area (Å²) in [7, 11) is 0. The lowest BCUT2D eigenvalue weighted by atomic mass is 9.91. The van der Waals surface area contributed by atoms with Crippen LogP contribution in [0, 0.1) is 5.92 Å². The third-order valence-electron chi connectivity index (χ3n) is 4.44. The molecule has 2 rings (SSSR count). The van der Waals surface area contributed by atoms with Gasteiger partial charge in [-0.1, -0.05) is 6.07 Å². The Hall–Kier alpha value is -2.64. The quantitative estimate of drug-likeness (QED) is 0.628. The van der Waals surface area contributed by atoms with Crippen molar-refractivity contribution in [2.75, 3.05) is 18.8 Å². The molecule has 2 amide bonds. The molecule has 1 unspecified atom stereocenters. The Morgan fingerprint density at radius 1 is 1.46 bits per heavy atom. The standard InChI is InChI=1S/C18H26N4O4/c1-12(10-17(24)25)20-16(23)11-22-9-3-4-13(18(22)26)7-8-14-5-2-6-15(19)21-14/h2,5-6,12-13H,3-4,7-11H2,1H3,(H2,19,21)(H,20,23)(H,24,25)/t12?,13-/m0/s1. The molecule has 2 atom stereocenters. The van der Waals surface area contributed by atoms with E-state index >= 15 is 0 Å². The number of aliphatic carboxylic acids is 1. The number of rotatable bonds is 8. The molecule has 8 nitrogen and oxygen atoms in total. The maximum atomic E-state index is 12.6. The number of aromatic nitrogens is 1. The second-order valence-electron chi connectivity index (χ2n) is 6.76. The van der Waals surface area contributed by atoms with E-state index in [1.54, 1.807) is 17.9 Å². The second-order valence-corrected chi connectivity index (χ2v) is 6.76. The Kier molecular flexibility index (Phi) is 6.94. The van der Waals surface area contributed by atoms with Crippen molar-refractivity contribution in [3.63, 3.8) is 0 Å². The van der Waals surface area contributed by atoms with E-state index in [-0.39, 0.29) is 30.7 Å². The smallest absolute Gasteiger partial charge is 0.305 e. The van der Waals surface area contributed by atoms with Gasteiger partial charge >= 0.3 is 5.97 Å². The summed E-state index contributed by atoms with van der Waals surface area (Å²) in [4.78, 5) is 41.1. The SMILES string of the molecule is CC(CC(=O)O)NC(=O)CN1CCC[C@@H](CCc2cccc(N)n2)C1=O. The molecular formula is C18H26N4O4. The van der Waals surface area contributed by atoms with Crippen LogP contribution in [0.15, 0.2) is 18.2 Å². The van der Waals surface area contributed by atoms with E-state index in [0.29, 0.717) is 25.2 Å². The van der Waals surface area contributed by atoms with Crippen molar-refractivity contribution in [1.29, 1.82) is 0 Å². The largest absolute Gasteiger partial charge is 0.481 e. The van der Waals surface area contributed by atoms with Crippen molar-refractivity contribution in [2.24, 2.45) is 5.92 Å². The molecule has 142 valence electrons. The van der Waals surface area contributed by atoms with Crippen molar-refractivity contribution >= 4 is 23.6 Å². The fourth-order valence-corrected chi connectivity index (χ4v) is 3.21. The van der Waals surface area contributed by atoms with E-state index in [2.05, 4.69) is 10.3 Å². The molecule has 1 fully saturated rings. The molecule has 0 saturated carbocycles. The number of carbonyl (C=O) groups excluding carboxylic acids is 2. The van der Waals surface area contributed by atoms with Gasteiger partial charge in [-0.3, -0.25) is 14.4 Å². The first-order valence-electron chi connectivity index (χ1n) is 8.86. The summed E-state index contributed by atoms with van der Waals surface area (Å²) in [6.07, 6.45) is 2.84. The number of likely N-dealkylation sites (tertiary alicyclic amines) is 1. The molecular weight excluding hydrogens is 336 g/mol. The van der Waals surface area contributed by atoms with Gasteiger partial charge in [-0.05, 0) is 44.7 Å². The van der Waals surface area contributed by atoms with Gasteiger partial charge in [0, 0.05) is 24.2 Å². The Labute approximate surface area is 152 Å². The lowest BCUT2D eigenvalue weighted by Gasteiger charge is -2.32. The van der Waals surface area contributed by atoms with Gasteiger partial charge in [-0.15, -0.1) is 0 Å². The van der Waals surface area contributed by atoms with Crippen LogP contribution in [0.1, 0.15) is 38.3 Å². The van der Waals surface area contributed by atoms with Crippen molar-refractivity contribution in [3.8, 4) is 0 Å². The molecule has 8 heteroatoms. The fourth-order valence-electron chi connectivity index (χ4n) is 3.21. The highest BCUT2D eigenvalue weighted by atomic mass is 16.4. The van der Waals surface area contributed by atoms with Gasteiger partial charge < -0.3 is 21.1 Å². The minimum Gasteiger partial charge on any atom is -0.481 e. The zero-order chi connectivity index (χ0) is 19.1. The topological polar surface area (TPSA) is 126 Å². The molecule has 1 aromatic heterocycles. The van der Waals surface area contributed by atoms with E-state index in [1.807, 2.05) is 12.1 Å². The summed E-state index contributed by atoms with van der Waals surface area (Å²) in [5.74, 6) is -0.990. The van der Waals surface area contributed by atoms with Crippen molar-refractivity contribution in [3.05, 3.63) is 23.9 Å². The molecule has 0 spiro atoms. The van der Waals surface area contributed by atoms with Crippen molar-refractivity contribution in [1.82, 2.24) is 15.2 Å². The molecule has 0 bridgehead atoms. The molecule has 0 radical (unpaired) electrons. The number of carboxylic acid groups (broad SMARTS) is 1. The van der Waals surface area contributed by atoms with Crippen LogP contribution in [0.2, 0.25) is 0 Å². The van der Waals surface area contributed by atoms with E-state index in [9.17, 15) is 14.4 Å². The number of piperidine rings is 1. The third-order valence-corrected chi connectivity index (χ3v) is 4.44. The Morgan fingerprint density at radius 3 is 2.92 bits per heavy atom. The number of nitrogens with one attached hydrogen (secondary N) is 1. The number of hydrogen-bond donors (Lipinski definition) is 3. The molecule has 2 heterocycles. The summed E-state index contributed by atoms with van der Waals surface area (Å²) in [6.45, 7) is 2.15. The van der Waals surface area contributed by atoms with Crippen LogP contribution in [0.5, 0.6) is 0 Å². The van der Waals surface area contributed by atoms with E-state index in [1.165, 1.54) is 0 Å². The van der Waals surface area contributed by atoms with Crippen molar-refractivity contribution < 1.29 is 19.5 Å². The Morgan fingerprint density at radius 2 is 2.23 bits per heavy atom. The minimum atomic E-state index is -0.970. The number of nitrogens with two attached hydrogens (primary N) is 1. The summed E-state index contributed by atoms with van der Waals surface area (Å²) in [6, 6.07) is 4.99. The molecule has 1 aliphatic heterocycles. The number of pyridine rings is 1. The zero-order valence-corrected chi connectivity index (χ0v) is 15.0. The van der Waals surface area contributed by atoms with Crippen LogP contribution in [0.4, 0.5) is 5.82 Å². The number of carboxylic acids is 1. The number of nitrogen functional groups attached to an aromatic ring is 1. The lowest BCUT2D eigenvalue weighted by Crippen LogP contribution is -2.48. The van der Waals surface area contributed by atoms with E-state index < -0.39 is 12.0 Å². The van der Waals surface area contributed by atoms with E-state index in [4.69, 9.17) is 10.8 Å². The predicted molar refractivity (Wildman–Crippen MR) is 96.1 cm³/mol. The van der Waals surface area contributed by atoms with Crippen LogP contribution < -0.4 is 11.1 Å².